The summed E-state index contributed by atoms with van der Waals surface area (Å²) in [4.78, 5) is 11.8. The predicted octanol–water partition coefficient (Wildman–Crippen LogP) is 3.75. The van der Waals surface area contributed by atoms with Gasteiger partial charge in [-0.25, -0.2) is 0 Å². The van der Waals surface area contributed by atoms with Crippen molar-refractivity contribution in [2.45, 2.75) is 51.5 Å². The van der Waals surface area contributed by atoms with Gasteiger partial charge in [0.05, 0.1) is 0 Å². The van der Waals surface area contributed by atoms with Crippen LogP contribution in [0.5, 0.6) is 0 Å². The van der Waals surface area contributed by atoms with Gasteiger partial charge in [-0.1, -0.05) is 40.9 Å². The van der Waals surface area contributed by atoms with Crippen LogP contribution in [0.4, 0.5) is 0 Å². The summed E-state index contributed by atoms with van der Waals surface area (Å²) in [5.74, 6) is 0.189. The van der Waals surface area contributed by atoms with Crippen LogP contribution >= 0.6 is 15.9 Å². The lowest BCUT2D eigenvalue weighted by atomic mass is 10.1. The summed E-state index contributed by atoms with van der Waals surface area (Å²) in [6.07, 6.45) is 6.21. The Morgan fingerprint density at radius 2 is 2.11 bits per heavy atom. The molecule has 1 saturated carbocycles. The molecule has 0 spiro atoms. The summed E-state index contributed by atoms with van der Waals surface area (Å²) in [6, 6.07) is 6.72. The molecule has 0 aromatic heterocycles. The van der Waals surface area contributed by atoms with Gasteiger partial charge in [-0.2, -0.15) is 0 Å². The first-order valence-corrected chi connectivity index (χ1v) is 7.49. The molecule has 1 aromatic rings. The second-order valence-corrected chi connectivity index (χ2v) is 6.00. The van der Waals surface area contributed by atoms with E-state index in [0.29, 0.717) is 12.5 Å². The average molecular weight is 310 g/mol. The lowest BCUT2D eigenvalue weighted by molar-refractivity contribution is -0.121. The Balaban J connectivity index is 1.81. The third-order valence-corrected chi connectivity index (χ3v) is 4.29. The lowest BCUT2D eigenvalue weighted by Crippen LogP contribution is -2.32. The molecule has 18 heavy (non-hydrogen) atoms. The van der Waals surface area contributed by atoms with Gasteiger partial charge in [0, 0.05) is 16.9 Å². The number of hydrogen-bond acceptors (Lipinski definition) is 1. The molecule has 0 bridgehead atoms. The molecule has 3 heteroatoms. The van der Waals surface area contributed by atoms with E-state index in [1.54, 1.807) is 0 Å². The molecule has 1 amide bonds. The average Bonchev–Trinajstić information content (AvgIpc) is 2.80. The highest BCUT2D eigenvalue weighted by Crippen LogP contribution is 2.20. The Labute approximate surface area is 117 Å². The highest BCUT2D eigenvalue weighted by atomic mass is 79.9. The molecular formula is C15H20BrNO. The van der Waals surface area contributed by atoms with Gasteiger partial charge in [0.1, 0.15) is 0 Å². The van der Waals surface area contributed by atoms with Crippen molar-refractivity contribution < 1.29 is 4.79 Å². The Morgan fingerprint density at radius 1 is 1.39 bits per heavy atom. The smallest absolute Gasteiger partial charge is 0.220 e. The number of aryl methyl sites for hydroxylation is 2. The molecule has 0 heterocycles. The van der Waals surface area contributed by atoms with Crippen molar-refractivity contribution in [1.29, 1.82) is 0 Å². The van der Waals surface area contributed by atoms with E-state index < -0.39 is 0 Å². The number of nitrogens with one attached hydrogen (secondary N) is 1. The van der Waals surface area contributed by atoms with Crippen LogP contribution in [0.25, 0.3) is 0 Å². The van der Waals surface area contributed by atoms with Gasteiger partial charge in [-0.3, -0.25) is 4.79 Å². The molecule has 0 saturated heterocycles. The first kappa shape index (κ1) is 13.6. The van der Waals surface area contributed by atoms with E-state index in [4.69, 9.17) is 0 Å². The Bertz CT molecular complexity index is 425. The number of hydrogen-bond donors (Lipinski definition) is 1. The van der Waals surface area contributed by atoms with E-state index in [2.05, 4.69) is 46.4 Å². The van der Waals surface area contributed by atoms with Crippen molar-refractivity contribution in [2.24, 2.45) is 0 Å². The Morgan fingerprint density at radius 3 is 2.78 bits per heavy atom. The van der Waals surface area contributed by atoms with Gasteiger partial charge < -0.3 is 5.32 Å². The molecule has 0 radical (unpaired) electrons. The van der Waals surface area contributed by atoms with Crippen molar-refractivity contribution >= 4 is 21.8 Å². The SMILES string of the molecule is Cc1ccc(CCC(=O)NC2CCCC2)c(Br)c1. The number of carbonyl (C=O) groups is 1. The predicted molar refractivity (Wildman–Crippen MR) is 77.6 cm³/mol. The zero-order valence-corrected chi connectivity index (χ0v) is 12.4. The molecule has 2 nitrogen and oxygen atoms in total. The monoisotopic (exact) mass is 309 g/mol. The first-order valence-electron chi connectivity index (χ1n) is 6.69. The fraction of sp³-hybridized carbons (Fsp3) is 0.533. The second kappa shape index (κ2) is 6.37. The zero-order valence-electron chi connectivity index (χ0n) is 10.8. The topological polar surface area (TPSA) is 29.1 Å². The summed E-state index contributed by atoms with van der Waals surface area (Å²) < 4.78 is 1.11. The molecule has 1 aliphatic carbocycles. The summed E-state index contributed by atoms with van der Waals surface area (Å²) >= 11 is 3.55. The van der Waals surface area contributed by atoms with Crippen LogP contribution in [-0.4, -0.2) is 11.9 Å². The fourth-order valence-electron chi connectivity index (χ4n) is 2.47. The molecular weight excluding hydrogens is 290 g/mol. The number of rotatable bonds is 4. The summed E-state index contributed by atoms with van der Waals surface area (Å²) in [5, 5.41) is 3.13. The highest BCUT2D eigenvalue weighted by molar-refractivity contribution is 9.10. The maximum Gasteiger partial charge on any atom is 0.220 e. The van der Waals surface area contributed by atoms with Crippen molar-refractivity contribution in [3.05, 3.63) is 33.8 Å². The number of halogens is 1. The van der Waals surface area contributed by atoms with Gasteiger partial charge in [0.2, 0.25) is 5.91 Å². The van der Waals surface area contributed by atoms with E-state index in [0.717, 1.165) is 23.7 Å². The van der Waals surface area contributed by atoms with Crippen LogP contribution in [0.2, 0.25) is 0 Å². The van der Waals surface area contributed by atoms with Crippen LogP contribution < -0.4 is 5.32 Å². The van der Waals surface area contributed by atoms with E-state index in [9.17, 15) is 4.79 Å². The quantitative estimate of drug-likeness (QED) is 0.901. The number of amides is 1. The third kappa shape index (κ3) is 3.84. The normalized spacial score (nSPS) is 15.9. The number of benzene rings is 1. The standard InChI is InChI=1S/C15H20BrNO/c1-11-6-7-12(14(16)10-11)8-9-15(18)17-13-4-2-3-5-13/h6-7,10,13H,2-5,8-9H2,1H3,(H,17,18). The molecule has 2 rings (SSSR count). The second-order valence-electron chi connectivity index (χ2n) is 5.14. The molecule has 0 unspecified atom stereocenters. The summed E-state index contributed by atoms with van der Waals surface area (Å²) in [7, 11) is 0. The van der Waals surface area contributed by atoms with Crippen LogP contribution in [-0.2, 0) is 11.2 Å². The first-order chi connectivity index (χ1) is 8.65. The molecule has 1 aromatic carbocycles. The van der Waals surface area contributed by atoms with Gasteiger partial charge in [-0.15, -0.1) is 0 Å². The summed E-state index contributed by atoms with van der Waals surface area (Å²) in [5.41, 5.74) is 2.45. The van der Waals surface area contributed by atoms with E-state index in [-0.39, 0.29) is 5.91 Å². The van der Waals surface area contributed by atoms with Crippen LogP contribution in [0.3, 0.4) is 0 Å². The van der Waals surface area contributed by atoms with E-state index in [1.807, 2.05) is 0 Å². The van der Waals surface area contributed by atoms with Crippen molar-refractivity contribution in [3.63, 3.8) is 0 Å². The van der Waals surface area contributed by atoms with Crippen molar-refractivity contribution in [2.75, 3.05) is 0 Å². The Hall–Kier alpha value is -0.830. The lowest BCUT2D eigenvalue weighted by Gasteiger charge is -2.12. The zero-order chi connectivity index (χ0) is 13.0. The van der Waals surface area contributed by atoms with Gasteiger partial charge >= 0.3 is 0 Å². The van der Waals surface area contributed by atoms with Gasteiger partial charge in [0.15, 0.2) is 0 Å². The van der Waals surface area contributed by atoms with Crippen LogP contribution in [0, 0.1) is 6.92 Å². The molecule has 0 atom stereocenters. The van der Waals surface area contributed by atoms with Gasteiger partial charge in [0.25, 0.3) is 0 Å². The molecule has 1 N–H and O–H groups in total. The van der Waals surface area contributed by atoms with Crippen molar-refractivity contribution in [3.8, 4) is 0 Å². The highest BCUT2D eigenvalue weighted by Gasteiger charge is 2.16. The molecule has 0 aliphatic heterocycles. The van der Waals surface area contributed by atoms with Gasteiger partial charge in [-0.05, 0) is 43.4 Å². The Kier molecular flexibility index (Phi) is 4.81. The minimum atomic E-state index is 0.189. The van der Waals surface area contributed by atoms with Crippen molar-refractivity contribution in [1.82, 2.24) is 5.32 Å². The minimum absolute atomic E-state index is 0.189. The molecule has 1 fully saturated rings. The molecule has 98 valence electrons. The summed E-state index contributed by atoms with van der Waals surface area (Å²) in [6.45, 7) is 2.07. The van der Waals surface area contributed by atoms with Crippen LogP contribution in [0.15, 0.2) is 22.7 Å². The fourth-order valence-corrected chi connectivity index (χ4v) is 3.16. The van der Waals surface area contributed by atoms with E-state index >= 15 is 0 Å². The molecule has 1 aliphatic rings. The van der Waals surface area contributed by atoms with E-state index in [1.165, 1.54) is 24.0 Å². The minimum Gasteiger partial charge on any atom is -0.353 e. The third-order valence-electron chi connectivity index (χ3n) is 3.55. The largest absolute Gasteiger partial charge is 0.353 e. The maximum absolute atomic E-state index is 11.8. The number of carbonyl (C=O) groups excluding carboxylic acids is 1. The van der Waals surface area contributed by atoms with Crippen LogP contribution in [0.1, 0.15) is 43.2 Å². The maximum atomic E-state index is 11.8.